The molecule has 2 N–H and O–H groups in total. The summed E-state index contributed by atoms with van der Waals surface area (Å²) in [5, 5.41) is 6.64. The molecule has 0 amide bonds. The Morgan fingerprint density at radius 1 is 1.13 bits per heavy atom. The summed E-state index contributed by atoms with van der Waals surface area (Å²) in [6, 6.07) is 16.1. The van der Waals surface area contributed by atoms with Gasteiger partial charge in [-0.25, -0.2) is 9.98 Å². The zero-order valence-corrected chi connectivity index (χ0v) is 20.0. The van der Waals surface area contributed by atoms with Gasteiger partial charge in [0, 0.05) is 18.7 Å². The molecule has 0 spiro atoms. The van der Waals surface area contributed by atoms with E-state index in [4.69, 9.17) is 9.15 Å². The summed E-state index contributed by atoms with van der Waals surface area (Å²) in [5.74, 6) is 2.28. The second-order valence-electron chi connectivity index (χ2n) is 6.70. The maximum Gasteiger partial charge on any atom is 0.226 e. The molecule has 6 nitrogen and oxygen atoms in total. The van der Waals surface area contributed by atoms with E-state index in [1.165, 1.54) is 11.1 Å². The van der Waals surface area contributed by atoms with Gasteiger partial charge in [0.15, 0.2) is 5.96 Å². The highest BCUT2D eigenvalue weighted by Gasteiger charge is 2.07. The van der Waals surface area contributed by atoms with Gasteiger partial charge in [-0.3, -0.25) is 0 Å². The van der Waals surface area contributed by atoms with Gasteiger partial charge in [-0.05, 0) is 44.0 Å². The summed E-state index contributed by atoms with van der Waals surface area (Å²) in [5.41, 5.74) is 4.16. The van der Waals surface area contributed by atoms with Gasteiger partial charge >= 0.3 is 0 Å². The molecule has 3 rings (SSSR count). The fourth-order valence-corrected chi connectivity index (χ4v) is 3.01. The number of nitrogens with zero attached hydrogens (tertiary/aromatic N) is 2. The summed E-state index contributed by atoms with van der Waals surface area (Å²) in [7, 11) is 1.70. The second-order valence-corrected chi connectivity index (χ2v) is 6.70. The molecule has 0 atom stereocenters. The van der Waals surface area contributed by atoms with Crippen LogP contribution in [-0.4, -0.2) is 31.1 Å². The van der Waals surface area contributed by atoms with Gasteiger partial charge in [0.05, 0.1) is 13.7 Å². The lowest BCUT2D eigenvalue weighted by Gasteiger charge is -2.13. The van der Waals surface area contributed by atoms with E-state index in [-0.39, 0.29) is 24.0 Å². The van der Waals surface area contributed by atoms with Crippen molar-refractivity contribution in [2.24, 2.45) is 4.99 Å². The van der Waals surface area contributed by atoms with E-state index in [0.29, 0.717) is 12.4 Å². The number of oxazole rings is 1. The molecule has 0 radical (unpaired) electrons. The number of hydrogen-bond donors (Lipinski definition) is 2. The minimum atomic E-state index is 0. The molecule has 0 bridgehead atoms. The van der Waals surface area contributed by atoms with Crippen LogP contribution >= 0.6 is 24.0 Å². The fraction of sp³-hybridized carbons (Fsp3) is 0.304. The van der Waals surface area contributed by atoms with Crippen molar-refractivity contribution in [3.8, 4) is 17.2 Å². The average molecular weight is 520 g/mol. The summed E-state index contributed by atoms with van der Waals surface area (Å²) < 4.78 is 11.0. The molecule has 0 aliphatic heterocycles. The largest absolute Gasteiger partial charge is 0.496 e. The Labute approximate surface area is 195 Å². The smallest absolute Gasteiger partial charge is 0.226 e. The molecule has 30 heavy (non-hydrogen) atoms. The highest BCUT2D eigenvalue weighted by atomic mass is 127. The van der Waals surface area contributed by atoms with E-state index in [1.54, 1.807) is 13.4 Å². The first-order valence-electron chi connectivity index (χ1n) is 9.85. The molecule has 0 aliphatic carbocycles. The Kier molecular flexibility index (Phi) is 9.66. The van der Waals surface area contributed by atoms with Gasteiger partial charge in [0.1, 0.15) is 17.7 Å². The maximum atomic E-state index is 5.58. The predicted octanol–water partition coefficient (Wildman–Crippen LogP) is 4.57. The van der Waals surface area contributed by atoms with Gasteiger partial charge < -0.3 is 19.8 Å². The van der Waals surface area contributed by atoms with Crippen LogP contribution in [0.1, 0.15) is 23.7 Å². The van der Waals surface area contributed by atoms with Gasteiger partial charge in [0.2, 0.25) is 5.89 Å². The van der Waals surface area contributed by atoms with Crippen molar-refractivity contribution < 1.29 is 9.15 Å². The van der Waals surface area contributed by atoms with Crippen molar-refractivity contribution >= 4 is 29.9 Å². The van der Waals surface area contributed by atoms with Crippen molar-refractivity contribution in [2.75, 3.05) is 20.2 Å². The SMILES string of the molecule is CCNC(=NCc1coc(-c2ccccc2)n1)NCCc1cc(C)ccc1OC.I. The molecule has 0 unspecified atom stereocenters. The number of aliphatic imine (C=N–C) groups is 1. The van der Waals surface area contributed by atoms with Crippen LogP contribution in [0, 0.1) is 6.92 Å². The Bertz CT molecular complexity index is 941. The standard InChI is InChI=1S/C23H28N4O2.HI/c1-4-24-23(25-13-12-19-14-17(2)10-11-21(19)28-3)26-15-20-16-29-22(27-20)18-8-6-5-7-9-18;/h5-11,14,16H,4,12-13,15H2,1-3H3,(H2,24,25,26);1H. The molecule has 0 saturated heterocycles. The first-order valence-corrected chi connectivity index (χ1v) is 9.85. The molecule has 0 fully saturated rings. The van der Waals surface area contributed by atoms with E-state index in [2.05, 4.69) is 39.7 Å². The Morgan fingerprint density at radius 3 is 2.67 bits per heavy atom. The molecular formula is C23H29IN4O2. The molecule has 1 heterocycles. The maximum absolute atomic E-state index is 5.58. The predicted molar refractivity (Wildman–Crippen MR) is 132 cm³/mol. The van der Waals surface area contributed by atoms with Gasteiger partial charge in [-0.1, -0.05) is 35.9 Å². The van der Waals surface area contributed by atoms with Crippen LogP contribution in [0.25, 0.3) is 11.5 Å². The van der Waals surface area contributed by atoms with Crippen LogP contribution in [0.4, 0.5) is 0 Å². The lowest BCUT2D eigenvalue weighted by molar-refractivity contribution is 0.409. The van der Waals surface area contributed by atoms with Gasteiger partial charge in [-0.15, -0.1) is 24.0 Å². The highest BCUT2D eigenvalue weighted by molar-refractivity contribution is 14.0. The lowest BCUT2D eigenvalue weighted by Crippen LogP contribution is -2.38. The molecular weight excluding hydrogens is 491 g/mol. The first-order chi connectivity index (χ1) is 14.2. The molecule has 1 aromatic heterocycles. The van der Waals surface area contributed by atoms with E-state index >= 15 is 0 Å². The molecule has 2 aromatic carbocycles. The van der Waals surface area contributed by atoms with Gasteiger partial charge in [0.25, 0.3) is 0 Å². The van der Waals surface area contributed by atoms with E-state index in [9.17, 15) is 0 Å². The van der Waals surface area contributed by atoms with Crippen LogP contribution in [-0.2, 0) is 13.0 Å². The molecule has 0 aliphatic rings. The first kappa shape index (κ1) is 23.7. The monoisotopic (exact) mass is 520 g/mol. The van der Waals surface area contributed by atoms with Crippen LogP contribution in [0.15, 0.2) is 64.2 Å². The third-order valence-electron chi connectivity index (χ3n) is 4.44. The lowest BCUT2D eigenvalue weighted by atomic mass is 10.1. The number of guanidine groups is 1. The number of aromatic nitrogens is 1. The van der Waals surface area contributed by atoms with Crippen molar-refractivity contribution in [3.05, 3.63) is 71.6 Å². The Morgan fingerprint density at radius 2 is 1.93 bits per heavy atom. The number of methoxy groups -OCH3 is 1. The topological polar surface area (TPSA) is 71.7 Å². The Hall–Kier alpha value is -2.55. The van der Waals surface area contributed by atoms with Crippen LogP contribution in [0.2, 0.25) is 0 Å². The summed E-state index contributed by atoms with van der Waals surface area (Å²) in [4.78, 5) is 9.15. The summed E-state index contributed by atoms with van der Waals surface area (Å²) in [6.07, 6.45) is 2.50. The molecule has 7 heteroatoms. The molecule has 3 aromatic rings. The summed E-state index contributed by atoms with van der Waals surface area (Å²) >= 11 is 0. The Balaban J connectivity index is 0.00000320. The average Bonchev–Trinajstić information content (AvgIpc) is 3.22. The third kappa shape index (κ3) is 6.76. The van der Waals surface area contributed by atoms with E-state index in [0.717, 1.165) is 42.5 Å². The van der Waals surface area contributed by atoms with Crippen LogP contribution < -0.4 is 15.4 Å². The minimum absolute atomic E-state index is 0. The van der Waals surface area contributed by atoms with E-state index < -0.39 is 0 Å². The van der Waals surface area contributed by atoms with Crippen molar-refractivity contribution in [1.82, 2.24) is 15.6 Å². The fourth-order valence-electron chi connectivity index (χ4n) is 3.01. The summed E-state index contributed by atoms with van der Waals surface area (Å²) in [6.45, 7) is 6.11. The van der Waals surface area contributed by atoms with E-state index in [1.807, 2.05) is 43.3 Å². The third-order valence-corrected chi connectivity index (χ3v) is 4.44. The van der Waals surface area contributed by atoms with Crippen LogP contribution in [0.3, 0.4) is 0 Å². The van der Waals surface area contributed by atoms with Gasteiger partial charge in [-0.2, -0.15) is 0 Å². The zero-order valence-electron chi connectivity index (χ0n) is 17.6. The van der Waals surface area contributed by atoms with Crippen molar-refractivity contribution in [3.63, 3.8) is 0 Å². The minimum Gasteiger partial charge on any atom is -0.496 e. The number of halogens is 1. The quantitative estimate of drug-likeness (QED) is 0.259. The number of rotatable bonds is 8. The number of aryl methyl sites for hydroxylation is 1. The normalized spacial score (nSPS) is 11.0. The highest BCUT2D eigenvalue weighted by Crippen LogP contribution is 2.20. The van der Waals surface area contributed by atoms with Crippen molar-refractivity contribution in [2.45, 2.75) is 26.8 Å². The number of nitrogens with one attached hydrogen (secondary N) is 2. The number of ether oxygens (including phenoxy) is 1. The zero-order chi connectivity index (χ0) is 20.5. The molecule has 160 valence electrons. The number of hydrogen-bond acceptors (Lipinski definition) is 4. The number of benzene rings is 2. The molecule has 0 saturated carbocycles. The van der Waals surface area contributed by atoms with Crippen molar-refractivity contribution in [1.29, 1.82) is 0 Å². The second kappa shape index (κ2) is 12.2. The van der Waals surface area contributed by atoms with Crippen LogP contribution in [0.5, 0.6) is 5.75 Å².